The topological polar surface area (TPSA) is 39.2 Å². The van der Waals surface area contributed by atoms with Gasteiger partial charge in [-0.25, -0.2) is 0 Å². The quantitative estimate of drug-likeness (QED) is 0.820. The van der Waals surface area contributed by atoms with Gasteiger partial charge in [-0.3, -0.25) is 9.80 Å². The van der Waals surface area contributed by atoms with Gasteiger partial charge >= 0.3 is 0 Å². The van der Waals surface area contributed by atoms with Crippen LogP contribution >= 0.6 is 0 Å². The molecule has 5 heteroatoms. The summed E-state index contributed by atoms with van der Waals surface area (Å²) in [6.45, 7) is 8.21. The van der Waals surface area contributed by atoms with E-state index in [0.717, 1.165) is 19.6 Å². The van der Waals surface area contributed by atoms with Crippen molar-refractivity contribution in [1.29, 1.82) is 0 Å². The zero-order valence-electron chi connectivity index (χ0n) is 15.8. The van der Waals surface area contributed by atoms with Gasteiger partial charge in [0.15, 0.2) is 0 Å². The molecule has 2 rings (SSSR count). The van der Waals surface area contributed by atoms with Crippen LogP contribution in [0.1, 0.15) is 19.4 Å². The fourth-order valence-corrected chi connectivity index (χ4v) is 3.46. The van der Waals surface area contributed by atoms with Crippen molar-refractivity contribution in [2.75, 3.05) is 52.2 Å². The van der Waals surface area contributed by atoms with Gasteiger partial charge < -0.3 is 14.7 Å². The van der Waals surface area contributed by atoms with E-state index in [2.05, 4.69) is 74.0 Å². The standard InChI is InChI=1S/C19H33N3O2/c1-15-10-22(11-16(2)24-15)14-19(23)13-21(5)12-17-7-6-8-18(9-17)20(3)4/h6-9,15-16,19,23H,10-14H2,1-5H3. The Morgan fingerprint density at radius 3 is 2.50 bits per heavy atom. The molecule has 1 fully saturated rings. The molecule has 0 saturated carbocycles. The Balaban J connectivity index is 1.81. The largest absolute Gasteiger partial charge is 0.390 e. The predicted molar refractivity (Wildman–Crippen MR) is 99.6 cm³/mol. The van der Waals surface area contributed by atoms with Gasteiger partial charge in [0, 0.05) is 52.5 Å². The molecule has 0 aromatic heterocycles. The maximum atomic E-state index is 10.4. The van der Waals surface area contributed by atoms with E-state index in [1.165, 1.54) is 11.3 Å². The zero-order chi connectivity index (χ0) is 17.7. The van der Waals surface area contributed by atoms with Gasteiger partial charge in [-0.15, -0.1) is 0 Å². The van der Waals surface area contributed by atoms with E-state index in [-0.39, 0.29) is 18.3 Å². The number of ether oxygens (including phenoxy) is 1. The Hall–Kier alpha value is -1.14. The summed E-state index contributed by atoms with van der Waals surface area (Å²) >= 11 is 0. The molecule has 0 bridgehead atoms. The molecule has 136 valence electrons. The molecule has 3 unspecified atom stereocenters. The first-order chi connectivity index (χ1) is 11.3. The van der Waals surface area contributed by atoms with Crippen molar-refractivity contribution < 1.29 is 9.84 Å². The van der Waals surface area contributed by atoms with Crippen LogP contribution in [-0.2, 0) is 11.3 Å². The monoisotopic (exact) mass is 335 g/mol. The Morgan fingerprint density at radius 1 is 1.21 bits per heavy atom. The highest BCUT2D eigenvalue weighted by Gasteiger charge is 2.24. The van der Waals surface area contributed by atoms with Gasteiger partial charge in [-0.1, -0.05) is 12.1 Å². The maximum absolute atomic E-state index is 10.4. The summed E-state index contributed by atoms with van der Waals surface area (Å²) in [6, 6.07) is 8.54. The molecule has 1 N–H and O–H groups in total. The average molecular weight is 335 g/mol. The molecule has 1 aromatic rings. The molecule has 1 aliphatic heterocycles. The second-order valence-corrected chi connectivity index (χ2v) is 7.39. The summed E-state index contributed by atoms with van der Waals surface area (Å²) < 4.78 is 5.75. The second kappa shape index (κ2) is 8.81. The highest BCUT2D eigenvalue weighted by atomic mass is 16.5. The molecule has 0 radical (unpaired) electrons. The number of morpholine rings is 1. The lowest BCUT2D eigenvalue weighted by atomic mass is 10.1. The Bertz CT molecular complexity index is 499. The molecule has 0 aliphatic carbocycles. The van der Waals surface area contributed by atoms with Crippen molar-refractivity contribution in [2.24, 2.45) is 0 Å². The Kier molecular flexibility index (Phi) is 7.04. The van der Waals surface area contributed by atoms with Crippen molar-refractivity contribution in [3.63, 3.8) is 0 Å². The van der Waals surface area contributed by atoms with Crippen molar-refractivity contribution in [1.82, 2.24) is 9.80 Å². The minimum absolute atomic E-state index is 0.243. The van der Waals surface area contributed by atoms with Gasteiger partial charge in [-0.05, 0) is 38.6 Å². The summed E-state index contributed by atoms with van der Waals surface area (Å²) in [7, 11) is 6.17. The number of hydrogen-bond donors (Lipinski definition) is 1. The lowest BCUT2D eigenvalue weighted by Gasteiger charge is -2.36. The number of β-amino-alcohol motifs (C(OH)–C–C–N with tert-alkyl or cyclic N) is 1. The molecule has 0 spiro atoms. The molecular weight excluding hydrogens is 302 g/mol. The van der Waals surface area contributed by atoms with Crippen molar-refractivity contribution in [3.05, 3.63) is 29.8 Å². The smallest absolute Gasteiger partial charge is 0.0793 e. The first-order valence-electron chi connectivity index (χ1n) is 8.84. The highest BCUT2D eigenvalue weighted by Crippen LogP contribution is 2.15. The van der Waals surface area contributed by atoms with E-state index in [1.807, 2.05) is 0 Å². The van der Waals surface area contributed by atoms with E-state index in [0.29, 0.717) is 13.1 Å². The number of anilines is 1. The van der Waals surface area contributed by atoms with E-state index >= 15 is 0 Å². The van der Waals surface area contributed by atoms with Crippen LogP contribution in [0.4, 0.5) is 5.69 Å². The first-order valence-corrected chi connectivity index (χ1v) is 8.84. The van der Waals surface area contributed by atoms with Crippen LogP contribution in [0.15, 0.2) is 24.3 Å². The lowest BCUT2D eigenvalue weighted by molar-refractivity contribution is -0.0777. The summed E-state index contributed by atoms with van der Waals surface area (Å²) in [5.41, 5.74) is 2.47. The number of nitrogens with zero attached hydrogens (tertiary/aromatic N) is 3. The molecule has 3 atom stereocenters. The first kappa shape index (κ1) is 19.2. The summed E-state index contributed by atoms with van der Waals surface area (Å²) in [5, 5.41) is 10.4. The lowest BCUT2D eigenvalue weighted by Crippen LogP contribution is -2.49. The van der Waals surface area contributed by atoms with Crippen LogP contribution in [0.2, 0.25) is 0 Å². The molecule has 24 heavy (non-hydrogen) atoms. The number of aliphatic hydroxyl groups is 1. The molecule has 1 saturated heterocycles. The third-order valence-corrected chi connectivity index (χ3v) is 4.37. The predicted octanol–water partition coefficient (Wildman–Crippen LogP) is 1.65. The zero-order valence-corrected chi connectivity index (χ0v) is 15.8. The summed E-state index contributed by atoms with van der Waals surface area (Å²) in [6.07, 6.45) is 0.143. The number of aliphatic hydroxyl groups excluding tert-OH is 1. The second-order valence-electron chi connectivity index (χ2n) is 7.39. The fourth-order valence-electron chi connectivity index (χ4n) is 3.46. The SMILES string of the molecule is CC1CN(CC(O)CN(C)Cc2cccc(N(C)C)c2)CC(C)O1. The summed E-state index contributed by atoms with van der Waals surface area (Å²) in [4.78, 5) is 6.61. The van der Waals surface area contributed by atoms with Gasteiger partial charge in [0.1, 0.15) is 0 Å². The average Bonchev–Trinajstić information content (AvgIpc) is 2.45. The normalized spacial score (nSPS) is 23.5. The maximum Gasteiger partial charge on any atom is 0.0793 e. The van der Waals surface area contributed by atoms with Crippen LogP contribution < -0.4 is 4.90 Å². The number of benzene rings is 1. The minimum atomic E-state index is -0.343. The van der Waals surface area contributed by atoms with Crippen molar-refractivity contribution >= 4 is 5.69 Å². The van der Waals surface area contributed by atoms with Gasteiger partial charge in [-0.2, -0.15) is 0 Å². The fraction of sp³-hybridized carbons (Fsp3) is 0.684. The van der Waals surface area contributed by atoms with Crippen LogP contribution in [0.3, 0.4) is 0 Å². The van der Waals surface area contributed by atoms with E-state index in [9.17, 15) is 5.11 Å². The Morgan fingerprint density at radius 2 is 1.88 bits per heavy atom. The van der Waals surface area contributed by atoms with Crippen LogP contribution in [-0.4, -0.2) is 80.5 Å². The van der Waals surface area contributed by atoms with Gasteiger partial charge in [0.2, 0.25) is 0 Å². The third kappa shape index (κ3) is 6.06. The highest BCUT2D eigenvalue weighted by molar-refractivity contribution is 5.47. The molecule has 1 heterocycles. The van der Waals surface area contributed by atoms with Crippen LogP contribution in [0.5, 0.6) is 0 Å². The minimum Gasteiger partial charge on any atom is -0.390 e. The molecule has 1 aromatic carbocycles. The number of hydrogen-bond acceptors (Lipinski definition) is 5. The number of rotatable bonds is 7. The van der Waals surface area contributed by atoms with Crippen molar-refractivity contribution in [2.45, 2.75) is 38.7 Å². The molecular formula is C19H33N3O2. The van der Waals surface area contributed by atoms with Crippen molar-refractivity contribution in [3.8, 4) is 0 Å². The summed E-state index contributed by atoms with van der Waals surface area (Å²) in [5.74, 6) is 0. The van der Waals surface area contributed by atoms with E-state index in [4.69, 9.17) is 4.74 Å². The molecule has 1 aliphatic rings. The van der Waals surface area contributed by atoms with Crippen LogP contribution in [0, 0.1) is 0 Å². The van der Waals surface area contributed by atoms with E-state index in [1.54, 1.807) is 0 Å². The van der Waals surface area contributed by atoms with E-state index < -0.39 is 0 Å². The van der Waals surface area contributed by atoms with Gasteiger partial charge in [0.25, 0.3) is 0 Å². The third-order valence-electron chi connectivity index (χ3n) is 4.37. The molecule has 0 amide bonds. The Labute approximate surface area is 146 Å². The number of likely N-dealkylation sites (N-methyl/N-ethyl adjacent to an activating group) is 1. The molecule has 5 nitrogen and oxygen atoms in total. The van der Waals surface area contributed by atoms with Crippen LogP contribution in [0.25, 0.3) is 0 Å². The van der Waals surface area contributed by atoms with Gasteiger partial charge in [0.05, 0.1) is 18.3 Å².